The lowest BCUT2D eigenvalue weighted by Gasteiger charge is -2.09. The van der Waals surface area contributed by atoms with Crippen molar-refractivity contribution in [1.29, 1.82) is 0 Å². The van der Waals surface area contributed by atoms with E-state index in [4.69, 9.17) is 5.73 Å². The van der Waals surface area contributed by atoms with Gasteiger partial charge in [-0.15, -0.1) is 0 Å². The third kappa shape index (κ3) is 1.92. The zero-order valence-electron chi connectivity index (χ0n) is 10.0. The summed E-state index contributed by atoms with van der Waals surface area (Å²) in [6.45, 7) is 2.71. The number of nitrogens with two attached hydrogens (primary N) is 1. The number of imidazole rings is 1. The quantitative estimate of drug-likeness (QED) is 0.822. The monoisotopic (exact) mass is 231 g/mol. The largest absolute Gasteiger partial charge is 0.325 e. The first kappa shape index (κ1) is 10.7. The fourth-order valence-electron chi connectivity index (χ4n) is 2.44. The van der Waals surface area contributed by atoms with E-state index in [1.807, 2.05) is 16.8 Å². The number of nitrogens with zero attached hydrogens (tertiary/aromatic N) is 4. The maximum atomic E-state index is 5.58. The van der Waals surface area contributed by atoms with Gasteiger partial charge in [0, 0.05) is 19.0 Å². The van der Waals surface area contributed by atoms with Crippen molar-refractivity contribution in [3.8, 4) is 0 Å². The number of fused-ring (bicyclic) bond motifs is 1. The van der Waals surface area contributed by atoms with E-state index >= 15 is 0 Å². The fraction of sp³-hybridized carbons (Fsp3) is 0.500. The summed E-state index contributed by atoms with van der Waals surface area (Å²) in [4.78, 5) is 6.72. The second kappa shape index (κ2) is 4.09. The van der Waals surface area contributed by atoms with E-state index in [1.54, 1.807) is 0 Å². The van der Waals surface area contributed by atoms with Crippen molar-refractivity contribution in [2.75, 3.05) is 20.1 Å². The van der Waals surface area contributed by atoms with Gasteiger partial charge in [-0.3, -0.25) is 0 Å². The Balaban J connectivity index is 1.95. The van der Waals surface area contributed by atoms with Crippen LogP contribution in [-0.2, 0) is 6.54 Å². The molecule has 0 bridgehead atoms. The van der Waals surface area contributed by atoms with Gasteiger partial charge in [0.2, 0.25) is 0 Å². The molecular weight excluding hydrogens is 214 g/mol. The van der Waals surface area contributed by atoms with Gasteiger partial charge < -0.3 is 10.6 Å². The number of likely N-dealkylation sites (tertiary alicyclic amines) is 1. The molecule has 3 heterocycles. The lowest BCUT2D eigenvalue weighted by atomic mass is 10.1. The summed E-state index contributed by atoms with van der Waals surface area (Å²) in [5.74, 6) is 0.549. The zero-order chi connectivity index (χ0) is 11.8. The molecule has 0 radical (unpaired) electrons. The topological polar surface area (TPSA) is 59.5 Å². The summed E-state index contributed by atoms with van der Waals surface area (Å²) in [6.07, 6.45) is 3.10. The molecule has 1 aliphatic rings. The van der Waals surface area contributed by atoms with Gasteiger partial charge in [0.05, 0.1) is 17.6 Å². The number of hydrogen-bond acceptors (Lipinski definition) is 4. The second-order valence-electron chi connectivity index (χ2n) is 4.75. The fourth-order valence-corrected chi connectivity index (χ4v) is 2.44. The Labute approximate surface area is 100 Å². The Morgan fingerprint density at radius 3 is 3.06 bits per heavy atom. The van der Waals surface area contributed by atoms with Crippen molar-refractivity contribution in [2.45, 2.75) is 18.9 Å². The third-order valence-electron chi connectivity index (χ3n) is 3.41. The van der Waals surface area contributed by atoms with Crippen LogP contribution in [0.2, 0.25) is 0 Å². The normalized spacial score (nSPS) is 21.4. The Hall–Kier alpha value is -1.46. The van der Waals surface area contributed by atoms with E-state index in [0.717, 1.165) is 30.1 Å². The predicted octanol–water partition coefficient (Wildman–Crippen LogP) is 0.607. The highest BCUT2D eigenvalue weighted by atomic mass is 15.3. The zero-order valence-corrected chi connectivity index (χ0v) is 10.0. The Kier molecular flexibility index (Phi) is 2.57. The van der Waals surface area contributed by atoms with E-state index < -0.39 is 0 Å². The first-order valence-electron chi connectivity index (χ1n) is 6.00. The SMILES string of the molecule is CN1CCC(c2ccc3nc(CN)cn3n2)C1. The lowest BCUT2D eigenvalue weighted by Crippen LogP contribution is -2.14. The van der Waals surface area contributed by atoms with E-state index in [-0.39, 0.29) is 0 Å². The highest BCUT2D eigenvalue weighted by Gasteiger charge is 2.22. The van der Waals surface area contributed by atoms with Gasteiger partial charge in [0.15, 0.2) is 5.65 Å². The smallest absolute Gasteiger partial charge is 0.153 e. The van der Waals surface area contributed by atoms with Crippen LogP contribution in [-0.4, -0.2) is 39.6 Å². The summed E-state index contributed by atoms with van der Waals surface area (Å²) in [5, 5.41) is 4.63. The van der Waals surface area contributed by atoms with Crippen molar-refractivity contribution in [1.82, 2.24) is 19.5 Å². The molecule has 1 unspecified atom stereocenters. The van der Waals surface area contributed by atoms with Crippen LogP contribution in [0.3, 0.4) is 0 Å². The van der Waals surface area contributed by atoms with Crippen molar-refractivity contribution >= 4 is 5.65 Å². The molecular formula is C12H17N5. The molecule has 1 saturated heterocycles. The summed E-state index contributed by atoms with van der Waals surface area (Å²) < 4.78 is 1.84. The number of rotatable bonds is 2. The standard InChI is InChI=1S/C12H17N5/c1-16-5-4-9(7-16)11-2-3-12-14-10(6-13)8-17(12)15-11/h2-3,8-9H,4-7,13H2,1H3. The minimum atomic E-state index is 0.463. The Bertz CT molecular complexity index is 533. The molecule has 2 aromatic rings. The number of likely N-dealkylation sites (N-methyl/N-ethyl adjacent to an activating group) is 1. The van der Waals surface area contributed by atoms with Gasteiger partial charge in [0.25, 0.3) is 0 Å². The Morgan fingerprint density at radius 2 is 2.35 bits per heavy atom. The van der Waals surface area contributed by atoms with E-state index in [2.05, 4.69) is 28.1 Å². The molecule has 0 aromatic carbocycles. The highest BCUT2D eigenvalue weighted by Crippen LogP contribution is 2.24. The molecule has 0 amide bonds. The molecule has 5 heteroatoms. The van der Waals surface area contributed by atoms with Gasteiger partial charge in [-0.25, -0.2) is 9.50 Å². The van der Waals surface area contributed by atoms with Gasteiger partial charge >= 0.3 is 0 Å². The molecule has 1 aliphatic heterocycles. The molecule has 2 N–H and O–H groups in total. The molecule has 0 aliphatic carbocycles. The van der Waals surface area contributed by atoms with Gasteiger partial charge in [-0.05, 0) is 32.1 Å². The van der Waals surface area contributed by atoms with Crippen LogP contribution in [0.25, 0.3) is 5.65 Å². The maximum Gasteiger partial charge on any atom is 0.153 e. The third-order valence-corrected chi connectivity index (χ3v) is 3.41. The maximum absolute atomic E-state index is 5.58. The molecule has 1 atom stereocenters. The van der Waals surface area contributed by atoms with Gasteiger partial charge in [0.1, 0.15) is 0 Å². The van der Waals surface area contributed by atoms with Crippen molar-refractivity contribution in [3.63, 3.8) is 0 Å². The van der Waals surface area contributed by atoms with Crippen molar-refractivity contribution in [2.24, 2.45) is 5.73 Å². The van der Waals surface area contributed by atoms with Gasteiger partial charge in [-0.1, -0.05) is 0 Å². The lowest BCUT2D eigenvalue weighted by molar-refractivity contribution is 0.410. The first-order valence-corrected chi connectivity index (χ1v) is 6.00. The average molecular weight is 231 g/mol. The Morgan fingerprint density at radius 1 is 1.47 bits per heavy atom. The molecule has 2 aromatic heterocycles. The van der Waals surface area contributed by atoms with E-state index in [1.165, 1.54) is 6.42 Å². The van der Waals surface area contributed by atoms with Gasteiger partial charge in [-0.2, -0.15) is 5.10 Å². The second-order valence-corrected chi connectivity index (χ2v) is 4.75. The molecule has 17 heavy (non-hydrogen) atoms. The van der Waals surface area contributed by atoms with Crippen LogP contribution in [0, 0.1) is 0 Å². The summed E-state index contributed by atoms with van der Waals surface area (Å²) in [6, 6.07) is 4.12. The number of hydrogen-bond donors (Lipinski definition) is 1. The molecule has 0 spiro atoms. The molecule has 1 fully saturated rings. The molecule has 0 saturated carbocycles. The van der Waals surface area contributed by atoms with Crippen LogP contribution in [0.4, 0.5) is 0 Å². The predicted molar refractivity (Wildman–Crippen MR) is 65.7 cm³/mol. The minimum absolute atomic E-state index is 0.463. The van der Waals surface area contributed by atoms with E-state index in [0.29, 0.717) is 12.5 Å². The molecule has 3 rings (SSSR count). The summed E-state index contributed by atoms with van der Waals surface area (Å²) in [7, 11) is 2.16. The summed E-state index contributed by atoms with van der Waals surface area (Å²) >= 11 is 0. The molecule has 90 valence electrons. The number of aromatic nitrogens is 3. The van der Waals surface area contributed by atoms with Crippen LogP contribution in [0.1, 0.15) is 23.7 Å². The first-order chi connectivity index (χ1) is 8.26. The highest BCUT2D eigenvalue weighted by molar-refractivity contribution is 5.39. The van der Waals surface area contributed by atoms with Crippen LogP contribution in [0.5, 0.6) is 0 Å². The van der Waals surface area contributed by atoms with Crippen LogP contribution in [0.15, 0.2) is 18.3 Å². The molecule has 5 nitrogen and oxygen atoms in total. The van der Waals surface area contributed by atoms with E-state index in [9.17, 15) is 0 Å². The average Bonchev–Trinajstić information content (AvgIpc) is 2.93. The minimum Gasteiger partial charge on any atom is -0.325 e. The summed E-state index contributed by atoms with van der Waals surface area (Å²) in [5.41, 5.74) is 8.50. The van der Waals surface area contributed by atoms with Crippen LogP contribution >= 0.6 is 0 Å². The van der Waals surface area contributed by atoms with Crippen molar-refractivity contribution in [3.05, 3.63) is 29.7 Å². The van der Waals surface area contributed by atoms with Crippen LogP contribution < -0.4 is 5.73 Å². The van der Waals surface area contributed by atoms with Crippen molar-refractivity contribution < 1.29 is 0 Å².